The van der Waals surface area contributed by atoms with Crippen LogP contribution in [0.3, 0.4) is 0 Å². The van der Waals surface area contributed by atoms with Crippen molar-refractivity contribution in [1.82, 2.24) is 0 Å². The topological polar surface area (TPSA) is 101 Å². The number of hydrogen-bond acceptors (Lipinski definition) is 6. The fourth-order valence-electron chi connectivity index (χ4n) is 2.73. The Hall–Kier alpha value is -2.89. The zero-order valence-electron chi connectivity index (χ0n) is 15.0. The first-order chi connectivity index (χ1) is 12.3. The molecule has 2 rings (SSSR count). The zero-order valence-corrected chi connectivity index (χ0v) is 15.0. The van der Waals surface area contributed by atoms with Crippen molar-refractivity contribution in [2.75, 3.05) is 0 Å². The van der Waals surface area contributed by atoms with E-state index in [9.17, 15) is 24.6 Å². The first-order valence-electron chi connectivity index (χ1n) is 8.44. The predicted octanol–water partition coefficient (Wildman–Crippen LogP) is 3.77. The van der Waals surface area contributed by atoms with E-state index in [0.29, 0.717) is 6.42 Å². The average molecular weight is 358 g/mol. The molecule has 138 valence electrons. The summed E-state index contributed by atoms with van der Waals surface area (Å²) in [5.74, 6) is -2.47. The van der Waals surface area contributed by atoms with Crippen LogP contribution in [0, 0.1) is 0 Å². The van der Waals surface area contributed by atoms with Crippen molar-refractivity contribution in [3.63, 3.8) is 0 Å². The monoisotopic (exact) mass is 358 g/mol. The van der Waals surface area contributed by atoms with Gasteiger partial charge in [0.05, 0.1) is 11.1 Å². The van der Waals surface area contributed by atoms with Gasteiger partial charge in [0.15, 0.2) is 11.6 Å². The van der Waals surface area contributed by atoms with E-state index in [1.807, 2.05) is 26.8 Å². The molecule has 0 heterocycles. The van der Waals surface area contributed by atoms with Crippen molar-refractivity contribution in [1.29, 1.82) is 0 Å². The van der Waals surface area contributed by atoms with Gasteiger partial charge in [0.1, 0.15) is 17.6 Å². The molecule has 1 aliphatic carbocycles. The van der Waals surface area contributed by atoms with E-state index in [1.54, 1.807) is 0 Å². The molecule has 0 saturated carbocycles. The number of esters is 1. The lowest BCUT2D eigenvalue weighted by molar-refractivity contribution is -0.149. The third kappa shape index (κ3) is 4.02. The number of allylic oxidation sites excluding steroid dienone is 3. The van der Waals surface area contributed by atoms with E-state index < -0.39 is 35.1 Å². The highest BCUT2D eigenvalue weighted by Crippen LogP contribution is 2.41. The number of ether oxygens (including phenoxy) is 1. The molecule has 1 aromatic rings. The van der Waals surface area contributed by atoms with Crippen LogP contribution >= 0.6 is 0 Å². The fraction of sp³-hybridized carbons (Fsp3) is 0.350. The Morgan fingerprint density at radius 1 is 1.15 bits per heavy atom. The molecule has 0 radical (unpaired) electrons. The Morgan fingerprint density at radius 3 is 2.35 bits per heavy atom. The summed E-state index contributed by atoms with van der Waals surface area (Å²) in [5, 5.41) is 20.8. The fourth-order valence-corrected chi connectivity index (χ4v) is 2.73. The molecule has 0 saturated heterocycles. The molecular weight excluding hydrogens is 336 g/mol. The highest BCUT2D eigenvalue weighted by Gasteiger charge is 2.31. The third-order valence-corrected chi connectivity index (χ3v) is 4.00. The number of aromatic hydroxyl groups is 2. The summed E-state index contributed by atoms with van der Waals surface area (Å²) < 4.78 is 5.45. The maximum absolute atomic E-state index is 12.1. The summed E-state index contributed by atoms with van der Waals surface area (Å²) in [5.41, 5.74) is 0.581. The second-order valence-electron chi connectivity index (χ2n) is 6.39. The lowest BCUT2D eigenvalue weighted by atomic mass is 9.89. The molecule has 0 aromatic heterocycles. The summed E-state index contributed by atoms with van der Waals surface area (Å²) in [6.45, 7) is 5.59. The van der Waals surface area contributed by atoms with Crippen LogP contribution in [-0.2, 0) is 9.53 Å². The lowest BCUT2D eigenvalue weighted by Gasteiger charge is -2.22. The molecule has 1 atom stereocenters. The van der Waals surface area contributed by atoms with Crippen LogP contribution in [0.25, 0.3) is 0 Å². The molecule has 26 heavy (non-hydrogen) atoms. The minimum Gasteiger partial charge on any atom is -0.507 e. The highest BCUT2D eigenvalue weighted by molar-refractivity contribution is 6.24. The third-order valence-electron chi connectivity index (χ3n) is 4.00. The summed E-state index contributed by atoms with van der Waals surface area (Å²) in [6, 6.07) is 1.18. The Morgan fingerprint density at radius 2 is 1.77 bits per heavy atom. The Labute approximate surface area is 151 Å². The quantitative estimate of drug-likeness (QED) is 0.456. The van der Waals surface area contributed by atoms with Gasteiger partial charge in [0, 0.05) is 18.4 Å². The van der Waals surface area contributed by atoms with Crippen LogP contribution in [0.1, 0.15) is 72.4 Å². The number of rotatable bonds is 6. The predicted molar refractivity (Wildman–Crippen MR) is 95.4 cm³/mol. The molecule has 6 nitrogen and oxygen atoms in total. The number of benzene rings is 1. The second kappa shape index (κ2) is 7.99. The number of fused-ring (bicyclic) bond motifs is 1. The second-order valence-corrected chi connectivity index (χ2v) is 6.39. The van der Waals surface area contributed by atoms with Crippen LogP contribution in [0.15, 0.2) is 29.9 Å². The first-order valence-corrected chi connectivity index (χ1v) is 8.44. The van der Waals surface area contributed by atoms with Gasteiger partial charge in [0.2, 0.25) is 0 Å². The van der Waals surface area contributed by atoms with E-state index in [0.717, 1.165) is 17.7 Å². The van der Waals surface area contributed by atoms with Crippen LogP contribution in [0.4, 0.5) is 0 Å². The summed E-state index contributed by atoms with van der Waals surface area (Å²) in [4.78, 5) is 36.1. The number of phenols is 2. The number of carbonyl (C=O) groups excluding carboxylic acids is 3. The number of hydrogen-bond donors (Lipinski definition) is 2. The van der Waals surface area contributed by atoms with Gasteiger partial charge in [0.25, 0.3) is 0 Å². The van der Waals surface area contributed by atoms with E-state index in [2.05, 4.69) is 0 Å². The van der Waals surface area contributed by atoms with Crippen molar-refractivity contribution < 1.29 is 29.3 Å². The van der Waals surface area contributed by atoms with Crippen LogP contribution in [0.5, 0.6) is 11.5 Å². The maximum atomic E-state index is 12.1. The number of ketones is 2. The van der Waals surface area contributed by atoms with Crippen molar-refractivity contribution >= 4 is 17.5 Å². The van der Waals surface area contributed by atoms with E-state index in [4.69, 9.17) is 4.74 Å². The van der Waals surface area contributed by atoms with E-state index in [-0.39, 0.29) is 29.5 Å². The van der Waals surface area contributed by atoms with Crippen LogP contribution in [0.2, 0.25) is 0 Å². The molecule has 6 heteroatoms. The Balaban J connectivity index is 2.55. The molecule has 0 bridgehead atoms. The van der Waals surface area contributed by atoms with Gasteiger partial charge in [-0.05, 0) is 38.5 Å². The van der Waals surface area contributed by atoms with Crippen LogP contribution < -0.4 is 0 Å². The van der Waals surface area contributed by atoms with Gasteiger partial charge < -0.3 is 14.9 Å². The summed E-state index contributed by atoms with van der Waals surface area (Å²) >= 11 is 0. The largest absolute Gasteiger partial charge is 0.507 e. The van der Waals surface area contributed by atoms with E-state index >= 15 is 0 Å². The normalized spacial score (nSPS) is 14.0. The molecular formula is C20H22O6. The SMILES string of the molecule is CCCC(=O)O[C@H](CC=C(C)C)c1cc(O)c2c(c1O)C(=O)C=CC2=O. The molecule has 1 aliphatic rings. The van der Waals surface area contributed by atoms with Gasteiger partial charge in [-0.3, -0.25) is 14.4 Å². The van der Waals surface area contributed by atoms with Crippen molar-refractivity contribution in [3.05, 3.63) is 46.6 Å². The highest BCUT2D eigenvalue weighted by atomic mass is 16.5. The van der Waals surface area contributed by atoms with Crippen LogP contribution in [-0.4, -0.2) is 27.7 Å². The average Bonchev–Trinajstić information content (AvgIpc) is 2.57. The van der Waals surface area contributed by atoms with E-state index in [1.165, 1.54) is 6.07 Å². The minimum absolute atomic E-state index is 0.0969. The minimum atomic E-state index is -0.881. The van der Waals surface area contributed by atoms with Gasteiger partial charge in [-0.1, -0.05) is 18.6 Å². The standard InChI is InChI=1S/C20H22O6/c1-4-5-17(24)26-16(9-6-11(2)3)12-10-15(23)18-13(21)7-8-14(22)19(18)20(12)25/h6-8,10,16,23,25H,4-5,9H2,1-3H3/t16-/m1/s1. The maximum Gasteiger partial charge on any atom is 0.306 e. The zero-order chi connectivity index (χ0) is 19.4. The van der Waals surface area contributed by atoms with Gasteiger partial charge in [-0.25, -0.2) is 0 Å². The van der Waals surface area contributed by atoms with Gasteiger partial charge in [-0.15, -0.1) is 0 Å². The van der Waals surface area contributed by atoms with Gasteiger partial charge in [-0.2, -0.15) is 0 Å². The Kier molecular flexibility index (Phi) is 5.97. The lowest BCUT2D eigenvalue weighted by Crippen LogP contribution is -2.16. The summed E-state index contributed by atoms with van der Waals surface area (Å²) in [6.07, 6.45) is 4.12. The van der Waals surface area contributed by atoms with Gasteiger partial charge >= 0.3 is 5.97 Å². The molecule has 0 fully saturated rings. The van der Waals surface area contributed by atoms with Crippen molar-refractivity contribution in [2.24, 2.45) is 0 Å². The molecule has 0 unspecified atom stereocenters. The first kappa shape index (κ1) is 19.4. The molecule has 1 aromatic carbocycles. The smallest absolute Gasteiger partial charge is 0.306 e. The molecule has 0 spiro atoms. The number of phenolic OH excluding ortho intramolecular Hbond substituents is 2. The molecule has 0 aliphatic heterocycles. The van der Waals surface area contributed by atoms with Crippen molar-refractivity contribution in [2.45, 2.75) is 46.1 Å². The van der Waals surface area contributed by atoms with Crippen molar-refractivity contribution in [3.8, 4) is 11.5 Å². The number of carbonyl (C=O) groups is 3. The summed E-state index contributed by atoms with van der Waals surface area (Å²) in [7, 11) is 0. The molecule has 0 amide bonds. The Bertz CT molecular complexity index is 812. The molecule has 2 N–H and O–H groups in total.